The number of hydrogen-bond donors (Lipinski definition) is 0. The van der Waals surface area contributed by atoms with Gasteiger partial charge in [0.15, 0.2) is 0 Å². The van der Waals surface area contributed by atoms with Gasteiger partial charge >= 0.3 is 0 Å². The van der Waals surface area contributed by atoms with Crippen LogP contribution in [0.25, 0.3) is 33.4 Å². The first-order valence-electron chi connectivity index (χ1n) is 20.3. The maximum absolute atomic E-state index is 6.86. The predicted molar refractivity (Wildman–Crippen MR) is 251 cm³/mol. The van der Waals surface area contributed by atoms with Crippen molar-refractivity contribution in [1.29, 1.82) is 0 Å². The lowest BCUT2D eigenvalue weighted by molar-refractivity contribution is 0.130. The van der Waals surface area contributed by atoms with E-state index in [1.54, 1.807) is 0 Å². The van der Waals surface area contributed by atoms with Crippen molar-refractivity contribution in [2.24, 2.45) is 0 Å². The molecule has 0 aliphatic rings. The summed E-state index contributed by atoms with van der Waals surface area (Å²) in [5, 5.41) is 0. The van der Waals surface area contributed by atoms with Crippen molar-refractivity contribution in [3.8, 4) is 62.1 Å². The molecule has 0 fully saturated rings. The molecule has 0 N–H and O–H groups in total. The topological polar surface area (TPSA) is 46.2 Å². The lowest BCUT2D eigenvalue weighted by Gasteiger charge is -2.31. The molecule has 5 nitrogen and oxygen atoms in total. The Balaban J connectivity index is 1.43. The van der Waals surface area contributed by atoms with Gasteiger partial charge < -0.3 is 22.8 Å². The van der Waals surface area contributed by atoms with E-state index in [2.05, 4.69) is 156 Å². The molecule has 2 atom stereocenters. The maximum atomic E-state index is 6.86. The average Bonchev–Trinajstić information content (AvgIpc) is 3.17. The van der Waals surface area contributed by atoms with Gasteiger partial charge in [0.1, 0.15) is 34.3 Å². The third-order valence-corrected chi connectivity index (χ3v) is 11.1. The second-order valence-electron chi connectivity index (χ2n) is 19.1. The van der Waals surface area contributed by atoms with E-state index >= 15 is 0 Å². The van der Waals surface area contributed by atoms with Crippen LogP contribution in [0.3, 0.4) is 0 Å². The lowest BCUT2D eigenvalue weighted by atomic mass is 9.77. The highest BCUT2D eigenvalue weighted by Gasteiger charge is 2.32. The molecular weight excluding hydrogens is 767 g/mol. The van der Waals surface area contributed by atoms with E-state index in [9.17, 15) is 0 Å². The van der Waals surface area contributed by atoms with Crippen LogP contribution < -0.4 is 22.8 Å². The Morgan fingerprint density at radius 2 is 0.746 bits per heavy atom. The summed E-state index contributed by atoms with van der Waals surface area (Å²) in [6, 6.07) is 45.8. The van der Waals surface area contributed by atoms with Gasteiger partial charge in [-0.05, 0) is 107 Å². The van der Waals surface area contributed by atoms with Crippen molar-refractivity contribution >= 4 is 18.1 Å². The van der Waals surface area contributed by atoms with Crippen LogP contribution >= 0.6 is 18.1 Å². The van der Waals surface area contributed by atoms with Crippen LogP contribution in [0, 0.1) is 0 Å². The molecule has 6 aromatic carbocycles. The van der Waals surface area contributed by atoms with Gasteiger partial charge in [-0.1, -0.05) is 153 Å². The highest BCUT2D eigenvalue weighted by atomic mass is 31.1. The monoisotopic (exact) mass is 826 g/mol. The molecule has 59 heavy (non-hydrogen) atoms. The molecule has 2 unspecified atom stereocenters. The van der Waals surface area contributed by atoms with Crippen LogP contribution in [-0.2, 0) is 16.2 Å². The minimum atomic E-state index is -0.431. The fourth-order valence-electron chi connectivity index (χ4n) is 6.72. The minimum Gasteiger partial charge on any atom is -0.488 e. The third kappa shape index (κ3) is 11.5. The molecule has 0 heterocycles. The average molecular weight is 827 g/mol. The zero-order chi connectivity index (χ0) is 42.6. The predicted octanol–water partition coefficient (Wildman–Crippen LogP) is 15.7. The van der Waals surface area contributed by atoms with E-state index in [1.165, 1.54) is 5.56 Å². The molecule has 0 aromatic heterocycles. The summed E-state index contributed by atoms with van der Waals surface area (Å²) in [4.78, 5) is 0. The number of hydrogen-bond acceptors (Lipinski definition) is 5. The molecule has 0 radical (unpaired) electrons. The van der Waals surface area contributed by atoms with E-state index in [0.717, 1.165) is 73.3 Å². The summed E-state index contributed by atoms with van der Waals surface area (Å²) >= 11 is 0. The molecular formula is C52H60O5P2. The van der Waals surface area contributed by atoms with Gasteiger partial charge in [0.25, 0.3) is 18.1 Å². The second kappa shape index (κ2) is 17.8. The first kappa shape index (κ1) is 43.8. The normalized spacial score (nSPS) is 12.6. The largest absolute Gasteiger partial charge is 0.488 e. The summed E-state index contributed by atoms with van der Waals surface area (Å²) in [6.45, 7) is 26.3. The number of benzene rings is 6. The molecule has 0 saturated carbocycles. The lowest BCUT2D eigenvalue weighted by Crippen LogP contribution is -2.23. The van der Waals surface area contributed by atoms with Gasteiger partial charge in [-0.2, -0.15) is 0 Å². The Morgan fingerprint density at radius 3 is 1.14 bits per heavy atom. The highest BCUT2D eigenvalue weighted by Crippen LogP contribution is 2.52. The molecule has 0 aliphatic carbocycles. The van der Waals surface area contributed by atoms with Crippen molar-refractivity contribution < 1.29 is 22.8 Å². The highest BCUT2D eigenvalue weighted by molar-refractivity contribution is 7.27. The summed E-state index contributed by atoms with van der Waals surface area (Å²) in [6.07, 6.45) is 0. The molecule has 0 amide bonds. The van der Waals surface area contributed by atoms with Crippen molar-refractivity contribution in [2.75, 3.05) is 0 Å². The molecule has 6 aromatic rings. The molecule has 0 spiro atoms. The van der Waals surface area contributed by atoms with Gasteiger partial charge in [0.2, 0.25) is 0 Å². The van der Waals surface area contributed by atoms with Crippen LogP contribution in [0.1, 0.15) is 99.8 Å². The molecule has 0 bridgehead atoms. The second-order valence-corrected chi connectivity index (χ2v) is 20.2. The van der Waals surface area contributed by atoms with Crippen molar-refractivity contribution in [2.45, 2.75) is 105 Å². The summed E-state index contributed by atoms with van der Waals surface area (Å²) < 4.78 is 33.0. The first-order valence-corrected chi connectivity index (χ1v) is 21.9. The number of ether oxygens (including phenoxy) is 1. The quantitative estimate of drug-likeness (QED) is 0.115. The first-order chi connectivity index (χ1) is 27.8. The van der Waals surface area contributed by atoms with Crippen LogP contribution in [-0.4, -0.2) is 5.60 Å². The van der Waals surface area contributed by atoms with Gasteiger partial charge in [-0.25, -0.2) is 0 Å². The van der Waals surface area contributed by atoms with E-state index < -0.39 is 5.60 Å². The number of rotatable bonds is 12. The Hall–Kier alpha value is -4.82. The standard InChI is InChI=1S/C52H60O5P2/c1-49(2,3)39-31-43(47(45(32-39)50(4,5)6)56-58-54-40-27-23-37(24-28-40)35-19-15-13-16-20-35)44-33-42(53-52(10,11)12)34-46(51(7,8)9)48(44)57-59-55-41-29-25-38(26-30-41)36-21-17-14-18-22-36/h13-34,58-59H,1-12H3. The molecule has 7 heteroatoms. The van der Waals surface area contributed by atoms with Crippen molar-refractivity contribution in [3.05, 3.63) is 150 Å². The van der Waals surface area contributed by atoms with E-state index in [-0.39, 0.29) is 34.3 Å². The smallest absolute Gasteiger partial charge is 0.275 e. The molecule has 308 valence electrons. The molecule has 6 rings (SSSR count). The van der Waals surface area contributed by atoms with Crippen LogP contribution in [0.15, 0.2) is 133 Å². The van der Waals surface area contributed by atoms with Gasteiger partial charge in [0, 0.05) is 22.3 Å². The summed E-state index contributed by atoms with van der Waals surface area (Å²) in [5.74, 6) is 3.71. The Kier molecular flexibility index (Phi) is 13.2. The van der Waals surface area contributed by atoms with Crippen LogP contribution in [0.4, 0.5) is 0 Å². The minimum absolute atomic E-state index is 0.156. The zero-order valence-electron chi connectivity index (χ0n) is 36.7. The van der Waals surface area contributed by atoms with E-state index in [0.29, 0.717) is 0 Å². The maximum Gasteiger partial charge on any atom is 0.275 e. The van der Waals surface area contributed by atoms with Gasteiger partial charge in [-0.15, -0.1) is 0 Å². The summed E-state index contributed by atoms with van der Waals surface area (Å²) in [7, 11) is -0.614. The third-order valence-electron chi connectivity index (χ3n) is 9.88. The Labute approximate surface area is 356 Å². The van der Waals surface area contributed by atoms with E-state index in [4.69, 9.17) is 22.8 Å². The molecule has 0 aliphatic heterocycles. The van der Waals surface area contributed by atoms with Crippen LogP contribution in [0.2, 0.25) is 0 Å². The summed E-state index contributed by atoms with van der Waals surface area (Å²) in [5.41, 5.74) is 8.47. The van der Waals surface area contributed by atoms with Crippen molar-refractivity contribution in [3.63, 3.8) is 0 Å². The van der Waals surface area contributed by atoms with Gasteiger partial charge in [-0.3, -0.25) is 0 Å². The fraction of sp³-hybridized carbons (Fsp3) is 0.308. The zero-order valence-corrected chi connectivity index (χ0v) is 38.7. The fourth-order valence-corrected chi connectivity index (χ4v) is 7.88. The SMILES string of the molecule is CC(C)(C)Oc1cc(-c2cc(C(C)(C)C)cc(C(C)(C)C)c2OPOc2ccc(-c3ccccc3)cc2)c(OPOc2ccc(-c3ccccc3)cc2)c(C(C)(C)C)c1. The Bertz CT molecular complexity index is 2310. The Morgan fingerprint density at radius 1 is 0.356 bits per heavy atom. The van der Waals surface area contributed by atoms with E-state index in [1.807, 2.05) is 60.7 Å². The molecule has 0 saturated heterocycles. The van der Waals surface area contributed by atoms with Crippen molar-refractivity contribution in [1.82, 2.24) is 0 Å². The van der Waals surface area contributed by atoms with Gasteiger partial charge in [0.05, 0.1) is 0 Å². The van der Waals surface area contributed by atoms with Crippen LogP contribution in [0.5, 0.6) is 28.7 Å².